The second-order valence-electron chi connectivity index (χ2n) is 2.98. The van der Waals surface area contributed by atoms with Crippen molar-refractivity contribution in [2.45, 2.75) is 19.8 Å². The molecular formula is C10H12FN. The zero-order chi connectivity index (χ0) is 9.14. The molecule has 0 amide bonds. The van der Waals surface area contributed by atoms with Crippen LogP contribution in [0.15, 0.2) is 19.0 Å². The van der Waals surface area contributed by atoms with Crippen molar-refractivity contribution >= 4 is 6.08 Å². The van der Waals surface area contributed by atoms with Gasteiger partial charge in [0.05, 0.1) is 6.20 Å². The first-order valence-corrected chi connectivity index (χ1v) is 3.92. The molecule has 0 saturated carbocycles. The van der Waals surface area contributed by atoms with Gasteiger partial charge in [0.2, 0.25) is 0 Å². The lowest BCUT2D eigenvalue weighted by Crippen LogP contribution is -1.97. The number of halogens is 1. The number of rotatable bonds is 2. The van der Waals surface area contributed by atoms with Crippen LogP contribution in [0.4, 0.5) is 4.39 Å². The standard InChI is InChI=1S/C10H12FN/c1-4-8-5-12-6-9(11)10(8)7(2)3/h4-7H,1H2,2-3H3. The molecule has 12 heavy (non-hydrogen) atoms. The van der Waals surface area contributed by atoms with Gasteiger partial charge in [-0.15, -0.1) is 0 Å². The average molecular weight is 165 g/mol. The van der Waals surface area contributed by atoms with E-state index in [9.17, 15) is 4.39 Å². The van der Waals surface area contributed by atoms with Gasteiger partial charge in [-0.05, 0) is 11.5 Å². The van der Waals surface area contributed by atoms with Crippen molar-refractivity contribution in [3.8, 4) is 0 Å². The van der Waals surface area contributed by atoms with E-state index in [1.807, 2.05) is 13.8 Å². The molecule has 2 heteroatoms. The van der Waals surface area contributed by atoms with Crippen molar-refractivity contribution in [3.63, 3.8) is 0 Å². The summed E-state index contributed by atoms with van der Waals surface area (Å²) >= 11 is 0. The minimum atomic E-state index is -0.248. The Bertz CT molecular complexity index is 292. The average Bonchev–Trinajstić information content (AvgIpc) is 2.03. The molecule has 0 aromatic carbocycles. The lowest BCUT2D eigenvalue weighted by atomic mass is 9.99. The highest BCUT2D eigenvalue weighted by molar-refractivity contribution is 5.51. The summed E-state index contributed by atoms with van der Waals surface area (Å²) in [5, 5.41) is 0. The van der Waals surface area contributed by atoms with Crippen LogP contribution in [0.2, 0.25) is 0 Å². The van der Waals surface area contributed by atoms with Crippen molar-refractivity contribution in [2.24, 2.45) is 0 Å². The molecular weight excluding hydrogens is 153 g/mol. The predicted molar refractivity (Wildman–Crippen MR) is 48.4 cm³/mol. The maximum atomic E-state index is 13.2. The summed E-state index contributed by atoms with van der Waals surface area (Å²) in [6.07, 6.45) is 4.50. The molecule has 0 N–H and O–H groups in total. The van der Waals surface area contributed by atoms with Gasteiger partial charge in [0.15, 0.2) is 0 Å². The van der Waals surface area contributed by atoms with E-state index in [1.165, 1.54) is 6.20 Å². The maximum Gasteiger partial charge on any atom is 0.145 e. The van der Waals surface area contributed by atoms with Crippen molar-refractivity contribution in [1.29, 1.82) is 0 Å². The van der Waals surface area contributed by atoms with Gasteiger partial charge in [-0.1, -0.05) is 26.5 Å². The van der Waals surface area contributed by atoms with E-state index in [0.717, 1.165) is 5.56 Å². The molecule has 0 bridgehead atoms. The van der Waals surface area contributed by atoms with E-state index in [2.05, 4.69) is 11.6 Å². The number of pyridine rings is 1. The summed E-state index contributed by atoms with van der Waals surface area (Å²) in [5.41, 5.74) is 1.48. The molecule has 0 fully saturated rings. The van der Waals surface area contributed by atoms with Crippen LogP contribution in [0.3, 0.4) is 0 Å². The lowest BCUT2D eigenvalue weighted by molar-refractivity contribution is 0.591. The molecule has 0 aliphatic heterocycles. The van der Waals surface area contributed by atoms with Crippen LogP contribution >= 0.6 is 0 Å². The van der Waals surface area contributed by atoms with Gasteiger partial charge in [-0.2, -0.15) is 0 Å². The van der Waals surface area contributed by atoms with E-state index >= 15 is 0 Å². The lowest BCUT2D eigenvalue weighted by Gasteiger charge is -2.09. The Balaban J connectivity index is 3.29. The Hall–Kier alpha value is -1.18. The minimum Gasteiger partial charge on any atom is -0.261 e. The first kappa shape index (κ1) is 8.91. The molecule has 0 aliphatic rings. The zero-order valence-electron chi connectivity index (χ0n) is 7.34. The van der Waals surface area contributed by atoms with Gasteiger partial charge in [-0.25, -0.2) is 4.39 Å². The van der Waals surface area contributed by atoms with E-state index in [4.69, 9.17) is 0 Å². The van der Waals surface area contributed by atoms with Crippen LogP contribution < -0.4 is 0 Å². The van der Waals surface area contributed by atoms with Crippen LogP contribution in [0, 0.1) is 5.82 Å². The van der Waals surface area contributed by atoms with Crippen LogP contribution in [0.1, 0.15) is 30.9 Å². The van der Waals surface area contributed by atoms with Gasteiger partial charge < -0.3 is 0 Å². The number of aromatic nitrogens is 1. The second kappa shape index (κ2) is 3.48. The topological polar surface area (TPSA) is 12.9 Å². The largest absolute Gasteiger partial charge is 0.261 e. The van der Waals surface area contributed by atoms with E-state index in [-0.39, 0.29) is 11.7 Å². The third-order valence-corrected chi connectivity index (χ3v) is 1.77. The summed E-state index contributed by atoms with van der Waals surface area (Å²) < 4.78 is 13.2. The molecule has 0 spiro atoms. The Labute approximate surface area is 72.0 Å². The normalized spacial score (nSPS) is 10.3. The molecule has 1 aromatic heterocycles. The van der Waals surface area contributed by atoms with Gasteiger partial charge in [0.25, 0.3) is 0 Å². The van der Waals surface area contributed by atoms with Gasteiger partial charge in [-0.3, -0.25) is 4.98 Å². The molecule has 1 nitrogen and oxygen atoms in total. The first-order chi connectivity index (χ1) is 5.66. The van der Waals surface area contributed by atoms with Gasteiger partial charge in [0.1, 0.15) is 5.82 Å². The van der Waals surface area contributed by atoms with Crippen LogP contribution in [0.5, 0.6) is 0 Å². The number of hydrogen-bond donors (Lipinski definition) is 0. The van der Waals surface area contributed by atoms with Crippen molar-refractivity contribution in [2.75, 3.05) is 0 Å². The van der Waals surface area contributed by atoms with Gasteiger partial charge >= 0.3 is 0 Å². The summed E-state index contributed by atoms with van der Waals surface area (Å²) in [4.78, 5) is 3.75. The smallest absolute Gasteiger partial charge is 0.145 e. The highest BCUT2D eigenvalue weighted by Crippen LogP contribution is 2.22. The molecule has 1 heterocycles. The monoisotopic (exact) mass is 165 g/mol. The van der Waals surface area contributed by atoms with Crippen molar-refractivity contribution < 1.29 is 4.39 Å². The molecule has 0 saturated heterocycles. The Kier molecular flexibility index (Phi) is 2.58. The molecule has 0 unspecified atom stereocenters. The second-order valence-corrected chi connectivity index (χ2v) is 2.98. The fraction of sp³-hybridized carbons (Fsp3) is 0.300. The van der Waals surface area contributed by atoms with Crippen molar-refractivity contribution in [3.05, 3.63) is 35.9 Å². The SMILES string of the molecule is C=Cc1cncc(F)c1C(C)C. The summed E-state index contributed by atoms with van der Waals surface area (Å²) in [7, 11) is 0. The van der Waals surface area contributed by atoms with Crippen LogP contribution in [0.25, 0.3) is 6.08 Å². The Morgan fingerprint density at radius 2 is 2.17 bits per heavy atom. The molecule has 1 rings (SSSR count). The van der Waals surface area contributed by atoms with E-state index in [0.29, 0.717) is 5.56 Å². The summed E-state index contributed by atoms with van der Waals surface area (Å²) in [6, 6.07) is 0. The highest BCUT2D eigenvalue weighted by atomic mass is 19.1. The van der Waals surface area contributed by atoms with E-state index < -0.39 is 0 Å². The number of hydrogen-bond acceptors (Lipinski definition) is 1. The number of nitrogens with zero attached hydrogens (tertiary/aromatic N) is 1. The Morgan fingerprint density at radius 3 is 2.58 bits per heavy atom. The third-order valence-electron chi connectivity index (χ3n) is 1.77. The van der Waals surface area contributed by atoms with E-state index in [1.54, 1.807) is 12.3 Å². The Morgan fingerprint density at radius 1 is 1.50 bits per heavy atom. The van der Waals surface area contributed by atoms with Crippen LogP contribution in [-0.2, 0) is 0 Å². The molecule has 0 radical (unpaired) electrons. The first-order valence-electron chi connectivity index (χ1n) is 3.92. The fourth-order valence-electron chi connectivity index (χ4n) is 1.23. The minimum absolute atomic E-state index is 0.168. The third kappa shape index (κ3) is 1.52. The molecule has 0 aliphatic carbocycles. The fourth-order valence-corrected chi connectivity index (χ4v) is 1.23. The quantitative estimate of drug-likeness (QED) is 0.656. The van der Waals surface area contributed by atoms with Crippen LogP contribution in [-0.4, -0.2) is 4.98 Å². The summed E-state index contributed by atoms with van der Waals surface area (Å²) in [5.74, 6) is -0.0802. The zero-order valence-corrected chi connectivity index (χ0v) is 7.34. The summed E-state index contributed by atoms with van der Waals surface area (Å²) in [6.45, 7) is 7.51. The maximum absolute atomic E-state index is 13.2. The highest BCUT2D eigenvalue weighted by Gasteiger charge is 2.09. The van der Waals surface area contributed by atoms with Crippen molar-refractivity contribution in [1.82, 2.24) is 4.98 Å². The molecule has 64 valence electrons. The molecule has 0 atom stereocenters. The molecule has 1 aromatic rings. The van der Waals surface area contributed by atoms with Gasteiger partial charge in [0, 0.05) is 11.8 Å². The predicted octanol–water partition coefficient (Wildman–Crippen LogP) is 2.99.